The first kappa shape index (κ1) is 22.9. The van der Waals surface area contributed by atoms with Gasteiger partial charge in [0.2, 0.25) is 11.8 Å². The number of carbonyl (C=O) groups is 2. The van der Waals surface area contributed by atoms with Gasteiger partial charge in [0.15, 0.2) is 0 Å². The first-order valence-electron chi connectivity index (χ1n) is 11.0. The first-order valence-corrected chi connectivity index (χ1v) is 11.9. The van der Waals surface area contributed by atoms with E-state index in [1.807, 2.05) is 78.6 Å². The number of amides is 2. The molecule has 1 aliphatic heterocycles. The quantitative estimate of drug-likeness (QED) is 0.541. The van der Waals surface area contributed by atoms with Crippen LogP contribution in [0.3, 0.4) is 0 Å². The largest absolute Gasteiger partial charge is 0.496 e. The van der Waals surface area contributed by atoms with Crippen molar-refractivity contribution >= 4 is 29.3 Å². The summed E-state index contributed by atoms with van der Waals surface area (Å²) in [6.45, 7) is 4.71. The molecule has 0 saturated heterocycles. The van der Waals surface area contributed by atoms with Crippen LogP contribution in [0.2, 0.25) is 0 Å². The van der Waals surface area contributed by atoms with Gasteiger partial charge in [0, 0.05) is 17.0 Å². The Morgan fingerprint density at radius 3 is 2.45 bits per heavy atom. The Kier molecular flexibility index (Phi) is 7.04. The first-order chi connectivity index (χ1) is 16.0. The molecule has 0 bridgehead atoms. The van der Waals surface area contributed by atoms with Crippen molar-refractivity contribution in [3.05, 3.63) is 89.5 Å². The summed E-state index contributed by atoms with van der Waals surface area (Å²) in [5.74, 6) is 0.0423. The Morgan fingerprint density at radius 2 is 1.70 bits per heavy atom. The summed E-state index contributed by atoms with van der Waals surface area (Å²) in [5, 5.41) is 2.49. The van der Waals surface area contributed by atoms with Gasteiger partial charge in [-0.15, -0.1) is 11.8 Å². The third-order valence-corrected chi connectivity index (χ3v) is 7.49. The van der Waals surface area contributed by atoms with Gasteiger partial charge in [0.25, 0.3) is 0 Å². The van der Waals surface area contributed by atoms with Crippen LogP contribution in [-0.4, -0.2) is 24.2 Å². The zero-order valence-electron chi connectivity index (χ0n) is 19.1. The molecule has 2 atom stereocenters. The van der Waals surface area contributed by atoms with Crippen molar-refractivity contribution in [2.45, 2.75) is 37.1 Å². The number of rotatable bonds is 7. The molecular weight excluding hydrogens is 432 g/mol. The predicted molar refractivity (Wildman–Crippen MR) is 132 cm³/mol. The van der Waals surface area contributed by atoms with Gasteiger partial charge in [-0.2, -0.15) is 0 Å². The maximum atomic E-state index is 13.6. The van der Waals surface area contributed by atoms with Gasteiger partial charge >= 0.3 is 0 Å². The molecule has 4 rings (SSSR count). The van der Waals surface area contributed by atoms with Gasteiger partial charge in [0.1, 0.15) is 11.0 Å². The van der Waals surface area contributed by atoms with Crippen LogP contribution < -0.4 is 15.0 Å². The van der Waals surface area contributed by atoms with Crippen LogP contribution in [-0.2, 0) is 22.7 Å². The highest BCUT2D eigenvalue weighted by atomic mass is 32.2. The molecule has 1 aliphatic rings. The van der Waals surface area contributed by atoms with Crippen molar-refractivity contribution in [1.82, 2.24) is 5.32 Å². The molecule has 2 amide bonds. The summed E-state index contributed by atoms with van der Waals surface area (Å²) in [7, 11) is 1.61. The number of para-hydroxylation sites is 2. The van der Waals surface area contributed by atoms with Crippen molar-refractivity contribution < 1.29 is 14.3 Å². The van der Waals surface area contributed by atoms with Crippen molar-refractivity contribution in [2.75, 3.05) is 12.0 Å². The second-order valence-corrected chi connectivity index (χ2v) is 9.36. The summed E-state index contributed by atoms with van der Waals surface area (Å²) >= 11 is 1.47. The minimum atomic E-state index is -0.499. The lowest BCUT2D eigenvalue weighted by Gasteiger charge is -2.36. The van der Waals surface area contributed by atoms with Crippen molar-refractivity contribution in [2.24, 2.45) is 5.92 Å². The van der Waals surface area contributed by atoms with Crippen LogP contribution >= 0.6 is 11.8 Å². The zero-order chi connectivity index (χ0) is 23.4. The topological polar surface area (TPSA) is 58.6 Å². The third-order valence-electron chi connectivity index (χ3n) is 6.02. The van der Waals surface area contributed by atoms with Gasteiger partial charge in [-0.3, -0.25) is 9.59 Å². The number of hydrogen-bond donors (Lipinski definition) is 1. The Hall–Kier alpha value is -3.25. The number of ether oxygens (including phenoxy) is 1. The van der Waals surface area contributed by atoms with E-state index in [1.54, 1.807) is 7.11 Å². The number of anilines is 1. The Morgan fingerprint density at radius 1 is 1.03 bits per heavy atom. The number of hydrogen-bond acceptors (Lipinski definition) is 4. The van der Waals surface area contributed by atoms with E-state index in [0.717, 1.165) is 33.0 Å². The smallest absolute Gasteiger partial charge is 0.241 e. The normalized spacial score (nSPS) is 16.2. The maximum Gasteiger partial charge on any atom is 0.241 e. The van der Waals surface area contributed by atoms with E-state index in [1.165, 1.54) is 11.8 Å². The van der Waals surface area contributed by atoms with Gasteiger partial charge in [-0.1, -0.05) is 61.5 Å². The second-order valence-electron chi connectivity index (χ2n) is 8.18. The SMILES string of the molecule is COc1ccccc1CNC(=O)C(C)C1Sc2ccccc2N(Cc2ccccc2C)C1=O. The molecule has 3 aromatic rings. The molecule has 6 heteroatoms. The average molecular weight is 461 g/mol. The third kappa shape index (κ3) is 4.91. The summed E-state index contributed by atoms with van der Waals surface area (Å²) in [6.07, 6.45) is 0. The van der Waals surface area contributed by atoms with Crippen LogP contribution in [0.25, 0.3) is 0 Å². The number of thioether (sulfide) groups is 1. The van der Waals surface area contributed by atoms with Gasteiger partial charge in [0.05, 0.1) is 25.3 Å². The number of carbonyl (C=O) groups excluding carboxylic acids is 2. The van der Waals surface area contributed by atoms with E-state index in [4.69, 9.17) is 4.74 Å². The standard InChI is InChI=1S/C27H28N2O3S/c1-18-10-4-5-12-21(18)17-29-22-13-7-9-15-24(22)33-25(27(29)31)19(2)26(30)28-16-20-11-6-8-14-23(20)32-3/h4-15,19,25H,16-17H2,1-3H3,(H,28,30). The summed E-state index contributed by atoms with van der Waals surface area (Å²) in [4.78, 5) is 29.5. The highest BCUT2D eigenvalue weighted by Crippen LogP contribution is 2.42. The number of nitrogens with zero attached hydrogens (tertiary/aromatic N) is 1. The molecule has 1 N–H and O–H groups in total. The van der Waals surface area contributed by atoms with Crippen LogP contribution in [0, 0.1) is 12.8 Å². The molecule has 3 aromatic carbocycles. The minimum absolute atomic E-state index is 0.0399. The zero-order valence-corrected chi connectivity index (χ0v) is 19.9. The molecule has 33 heavy (non-hydrogen) atoms. The number of nitrogens with one attached hydrogen (secondary N) is 1. The monoisotopic (exact) mass is 460 g/mol. The van der Waals surface area contributed by atoms with Crippen LogP contribution in [0.4, 0.5) is 5.69 Å². The van der Waals surface area contributed by atoms with Crippen molar-refractivity contribution in [3.8, 4) is 5.75 Å². The molecule has 0 aromatic heterocycles. The minimum Gasteiger partial charge on any atom is -0.496 e. The number of benzene rings is 3. The molecule has 1 heterocycles. The van der Waals surface area contributed by atoms with Gasteiger partial charge in [-0.05, 0) is 36.2 Å². The molecular formula is C27H28N2O3S. The van der Waals surface area contributed by atoms with E-state index in [0.29, 0.717) is 13.1 Å². The molecule has 5 nitrogen and oxygen atoms in total. The molecule has 0 radical (unpaired) electrons. The van der Waals surface area contributed by atoms with E-state index in [9.17, 15) is 9.59 Å². The lowest BCUT2D eigenvalue weighted by Crippen LogP contribution is -2.47. The van der Waals surface area contributed by atoms with E-state index in [2.05, 4.69) is 18.3 Å². The Bertz CT molecular complexity index is 1160. The molecule has 2 unspecified atom stereocenters. The molecule has 0 aliphatic carbocycles. The number of fused-ring (bicyclic) bond motifs is 1. The summed E-state index contributed by atoms with van der Waals surface area (Å²) < 4.78 is 5.37. The van der Waals surface area contributed by atoms with E-state index >= 15 is 0 Å². The van der Waals surface area contributed by atoms with E-state index < -0.39 is 11.2 Å². The van der Waals surface area contributed by atoms with Crippen LogP contribution in [0.5, 0.6) is 5.75 Å². The van der Waals surface area contributed by atoms with E-state index in [-0.39, 0.29) is 11.8 Å². The summed E-state index contributed by atoms with van der Waals surface area (Å²) in [6, 6.07) is 23.6. The van der Waals surface area contributed by atoms with Crippen molar-refractivity contribution in [1.29, 1.82) is 0 Å². The number of methoxy groups -OCH3 is 1. The van der Waals surface area contributed by atoms with Crippen LogP contribution in [0.15, 0.2) is 77.7 Å². The fourth-order valence-electron chi connectivity index (χ4n) is 4.01. The molecule has 0 fully saturated rings. The molecule has 170 valence electrons. The predicted octanol–water partition coefficient (Wildman–Crippen LogP) is 4.96. The maximum absolute atomic E-state index is 13.6. The van der Waals surface area contributed by atoms with Gasteiger partial charge in [-0.25, -0.2) is 0 Å². The highest BCUT2D eigenvalue weighted by molar-refractivity contribution is 8.01. The number of aryl methyl sites for hydroxylation is 1. The Labute approximate surface area is 199 Å². The average Bonchev–Trinajstić information content (AvgIpc) is 2.85. The highest BCUT2D eigenvalue weighted by Gasteiger charge is 2.39. The second kappa shape index (κ2) is 10.1. The lowest BCUT2D eigenvalue weighted by molar-refractivity contribution is -0.128. The van der Waals surface area contributed by atoms with Crippen molar-refractivity contribution in [3.63, 3.8) is 0 Å². The lowest BCUT2D eigenvalue weighted by atomic mass is 10.0. The van der Waals surface area contributed by atoms with Gasteiger partial charge < -0.3 is 15.0 Å². The molecule has 0 spiro atoms. The van der Waals surface area contributed by atoms with Crippen LogP contribution in [0.1, 0.15) is 23.6 Å². The fraction of sp³-hybridized carbons (Fsp3) is 0.259. The fourth-order valence-corrected chi connectivity index (χ4v) is 5.29. The Balaban J connectivity index is 1.54. The summed E-state index contributed by atoms with van der Waals surface area (Å²) in [5.41, 5.74) is 4.03. The molecule has 0 saturated carbocycles.